The van der Waals surface area contributed by atoms with Gasteiger partial charge in [-0.05, 0) is 30.0 Å². The summed E-state index contributed by atoms with van der Waals surface area (Å²) in [5, 5.41) is 0. The molecule has 2 aliphatic rings. The van der Waals surface area contributed by atoms with Gasteiger partial charge < -0.3 is 9.64 Å². The number of carbonyl (C=O) groups excluding carboxylic acids is 1. The monoisotopic (exact) mass is 386 g/mol. The van der Waals surface area contributed by atoms with E-state index in [-0.39, 0.29) is 24.6 Å². The largest absolute Gasteiger partial charge is 0.483 e. The highest BCUT2D eigenvalue weighted by Crippen LogP contribution is 2.32. The van der Waals surface area contributed by atoms with Crippen LogP contribution in [0.5, 0.6) is 5.75 Å². The van der Waals surface area contributed by atoms with Crippen molar-refractivity contribution in [2.45, 2.75) is 24.9 Å². The highest BCUT2D eigenvalue weighted by atomic mass is 32.2. The molecule has 0 spiro atoms. The summed E-state index contributed by atoms with van der Waals surface area (Å²) >= 11 is 0. The molecular formula is C20H22N2O4S. The number of hydrogen-bond donors (Lipinski definition) is 1. The first-order valence-electron chi connectivity index (χ1n) is 8.98. The van der Waals surface area contributed by atoms with E-state index in [0.29, 0.717) is 25.1 Å². The smallest absolute Gasteiger partial charge is 0.260 e. The van der Waals surface area contributed by atoms with Crippen LogP contribution in [-0.4, -0.2) is 50.7 Å². The standard InChI is InChI=1S/C20H22N2O4S/c1-27(24,25)21-17-9-10-22-18(17)12-14-5-4-6-15(11-14)16-7-2-3-8-19(16)26-13-20(22)23/h2-8,11,17-18,21H,9-10,12-13H2,1H3. The van der Waals surface area contributed by atoms with Crippen molar-refractivity contribution >= 4 is 15.9 Å². The summed E-state index contributed by atoms with van der Waals surface area (Å²) in [5.41, 5.74) is 3.03. The van der Waals surface area contributed by atoms with E-state index in [9.17, 15) is 13.2 Å². The van der Waals surface area contributed by atoms with Crippen molar-refractivity contribution in [3.05, 3.63) is 54.1 Å². The number of benzene rings is 2. The van der Waals surface area contributed by atoms with Crippen LogP contribution < -0.4 is 9.46 Å². The molecule has 142 valence electrons. The number of amides is 1. The van der Waals surface area contributed by atoms with E-state index in [1.165, 1.54) is 0 Å². The second-order valence-corrected chi connectivity index (χ2v) is 8.91. The van der Waals surface area contributed by atoms with Gasteiger partial charge in [0, 0.05) is 18.2 Å². The highest BCUT2D eigenvalue weighted by Gasteiger charge is 2.38. The van der Waals surface area contributed by atoms with Crippen molar-refractivity contribution in [1.82, 2.24) is 9.62 Å². The van der Waals surface area contributed by atoms with E-state index in [1.54, 1.807) is 4.90 Å². The van der Waals surface area contributed by atoms with Gasteiger partial charge in [-0.25, -0.2) is 13.1 Å². The molecule has 0 aromatic heterocycles. The SMILES string of the molecule is CS(=O)(=O)NC1CCN2C(=O)COc3ccccc3-c3cccc(c3)CC12. The molecule has 2 atom stereocenters. The van der Waals surface area contributed by atoms with Crippen LogP contribution in [0.2, 0.25) is 0 Å². The van der Waals surface area contributed by atoms with E-state index in [1.807, 2.05) is 42.5 Å². The first-order valence-corrected chi connectivity index (χ1v) is 10.9. The van der Waals surface area contributed by atoms with Crippen LogP contribution >= 0.6 is 0 Å². The third-order valence-corrected chi connectivity index (χ3v) is 5.88. The molecule has 1 fully saturated rings. The summed E-state index contributed by atoms with van der Waals surface area (Å²) in [6, 6.07) is 15.3. The number of nitrogens with zero attached hydrogens (tertiary/aromatic N) is 1. The molecule has 2 heterocycles. The summed E-state index contributed by atoms with van der Waals surface area (Å²) in [7, 11) is -3.35. The molecule has 1 N–H and O–H groups in total. The molecule has 6 nitrogen and oxygen atoms in total. The zero-order chi connectivity index (χ0) is 19.0. The van der Waals surface area contributed by atoms with Gasteiger partial charge >= 0.3 is 0 Å². The van der Waals surface area contributed by atoms with Crippen molar-refractivity contribution in [2.24, 2.45) is 0 Å². The second-order valence-electron chi connectivity index (χ2n) is 7.13. The maximum atomic E-state index is 12.8. The number of ether oxygens (including phenoxy) is 1. The van der Waals surface area contributed by atoms with Crippen molar-refractivity contribution in [3.8, 4) is 16.9 Å². The van der Waals surface area contributed by atoms with Crippen LogP contribution in [0, 0.1) is 0 Å². The maximum absolute atomic E-state index is 12.8. The number of rotatable bonds is 2. The molecular weight excluding hydrogens is 364 g/mol. The lowest BCUT2D eigenvalue weighted by molar-refractivity contribution is -0.134. The van der Waals surface area contributed by atoms with Gasteiger partial charge in [-0.2, -0.15) is 0 Å². The number of fused-ring (bicyclic) bond motifs is 5. The fourth-order valence-corrected chi connectivity index (χ4v) is 4.81. The van der Waals surface area contributed by atoms with E-state index in [4.69, 9.17) is 4.74 Å². The first kappa shape index (κ1) is 18.0. The van der Waals surface area contributed by atoms with Gasteiger partial charge in [-0.3, -0.25) is 4.79 Å². The molecule has 0 aliphatic carbocycles. The van der Waals surface area contributed by atoms with Crippen molar-refractivity contribution in [3.63, 3.8) is 0 Å². The summed E-state index contributed by atoms with van der Waals surface area (Å²) in [4.78, 5) is 14.6. The number of hydrogen-bond acceptors (Lipinski definition) is 4. The number of sulfonamides is 1. The lowest BCUT2D eigenvalue weighted by Crippen LogP contribution is -2.48. The van der Waals surface area contributed by atoms with Crippen molar-refractivity contribution in [1.29, 1.82) is 0 Å². The molecule has 0 radical (unpaired) electrons. The van der Waals surface area contributed by atoms with Crippen LogP contribution in [0.15, 0.2) is 48.5 Å². The lowest BCUT2D eigenvalue weighted by Gasteiger charge is -2.28. The van der Waals surface area contributed by atoms with E-state index in [2.05, 4.69) is 10.8 Å². The van der Waals surface area contributed by atoms with Gasteiger partial charge in [0.15, 0.2) is 6.61 Å². The van der Waals surface area contributed by atoms with Crippen LogP contribution in [0.1, 0.15) is 12.0 Å². The Morgan fingerprint density at radius 2 is 1.96 bits per heavy atom. The minimum atomic E-state index is -3.35. The van der Waals surface area contributed by atoms with E-state index in [0.717, 1.165) is 22.9 Å². The molecule has 2 aromatic rings. The molecule has 27 heavy (non-hydrogen) atoms. The Kier molecular flexibility index (Phi) is 4.65. The zero-order valence-electron chi connectivity index (χ0n) is 15.1. The van der Waals surface area contributed by atoms with Gasteiger partial charge in [-0.1, -0.05) is 42.5 Å². The Hall–Kier alpha value is -2.38. The molecule has 2 aromatic carbocycles. The quantitative estimate of drug-likeness (QED) is 0.854. The van der Waals surface area contributed by atoms with Crippen LogP contribution in [0.3, 0.4) is 0 Å². The fraction of sp³-hybridized carbons (Fsp3) is 0.350. The van der Waals surface area contributed by atoms with E-state index >= 15 is 0 Å². The normalized spacial score (nSPS) is 22.4. The Morgan fingerprint density at radius 1 is 1.15 bits per heavy atom. The molecule has 2 bridgehead atoms. The Bertz CT molecular complexity index is 973. The third kappa shape index (κ3) is 3.84. The average Bonchev–Trinajstić information content (AvgIpc) is 3.00. The summed E-state index contributed by atoms with van der Waals surface area (Å²) in [6.07, 6.45) is 2.35. The predicted octanol–water partition coefficient (Wildman–Crippen LogP) is 1.81. The van der Waals surface area contributed by atoms with Gasteiger partial charge in [0.2, 0.25) is 10.0 Å². The molecule has 2 aliphatic heterocycles. The molecule has 1 amide bonds. The third-order valence-electron chi connectivity index (χ3n) is 5.15. The highest BCUT2D eigenvalue weighted by molar-refractivity contribution is 7.88. The number of nitrogens with one attached hydrogen (secondary N) is 1. The lowest BCUT2D eigenvalue weighted by atomic mass is 9.96. The zero-order valence-corrected chi connectivity index (χ0v) is 15.9. The number of carbonyl (C=O) groups is 1. The van der Waals surface area contributed by atoms with Gasteiger partial charge in [0.25, 0.3) is 5.91 Å². The van der Waals surface area contributed by atoms with Gasteiger partial charge in [-0.15, -0.1) is 0 Å². The molecule has 2 unspecified atom stereocenters. The van der Waals surface area contributed by atoms with Crippen LogP contribution in [-0.2, 0) is 21.2 Å². The maximum Gasteiger partial charge on any atom is 0.260 e. The first-order chi connectivity index (χ1) is 12.9. The summed E-state index contributed by atoms with van der Waals surface area (Å²) < 4.78 is 32.1. The topological polar surface area (TPSA) is 75.7 Å². The van der Waals surface area contributed by atoms with E-state index < -0.39 is 10.0 Å². The molecule has 0 saturated carbocycles. The summed E-state index contributed by atoms with van der Waals surface area (Å²) in [6.45, 7) is 0.455. The Balaban J connectivity index is 1.74. The summed E-state index contributed by atoms with van der Waals surface area (Å²) in [5.74, 6) is 0.550. The molecule has 1 saturated heterocycles. The fourth-order valence-electron chi connectivity index (χ4n) is 3.99. The van der Waals surface area contributed by atoms with Crippen LogP contribution in [0.25, 0.3) is 11.1 Å². The van der Waals surface area contributed by atoms with Crippen molar-refractivity contribution in [2.75, 3.05) is 19.4 Å². The van der Waals surface area contributed by atoms with Crippen LogP contribution in [0.4, 0.5) is 0 Å². The second kappa shape index (κ2) is 6.98. The molecule has 4 rings (SSSR count). The van der Waals surface area contributed by atoms with Gasteiger partial charge in [0.1, 0.15) is 5.75 Å². The number of para-hydroxylation sites is 1. The Morgan fingerprint density at radius 3 is 2.78 bits per heavy atom. The molecule has 7 heteroatoms. The predicted molar refractivity (Wildman–Crippen MR) is 103 cm³/mol. The average molecular weight is 386 g/mol. The minimum Gasteiger partial charge on any atom is -0.483 e. The van der Waals surface area contributed by atoms with Gasteiger partial charge in [0.05, 0.1) is 12.3 Å². The van der Waals surface area contributed by atoms with Crippen molar-refractivity contribution < 1.29 is 17.9 Å². The Labute approximate surface area is 159 Å². The minimum absolute atomic E-state index is 0.0604.